The van der Waals surface area contributed by atoms with Crippen LogP contribution in [0.15, 0.2) is 42.6 Å². The molecule has 2 aromatic rings. The molecule has 1 aliphatic rings. The summed E-state index contributed by atoms with van der Waals surface area (Å²) in [5, 5.41) is 10.4. The van der Waals surface area contributed by atoms with Crippen LogP contribution in [0.5, 0.6) is 5.75 Å². The van der Waals surface area contributed by atoms with Crippen LogP contribution in [0.3, 0.4) is 0 Å². The molecule has 136 valence electrons. The van der Waals surface area contributed by atoms with Gasteiger partial charge in [-0.1, -0.05) is 0 Å². The smallest absolute Gasteiger partial charge is 0.350 e. The highest BCUT2D eigenvalue weighted by atomic mass is 16.7. The molecule has 2 heterocycles. The van der Waals surface area contributed by atoms with Crippen LogP contribution in [0.2, 0.25) is 0 Å². The van der Waals surface area contributed by atoms with E-state index in [1.54, 1.807) is 29.4 Å². The summed E-state index contributed by atoms with van der Waals surface area (Å²) in [5.41, 5.74) is 1.09. The molecule has 0 spiro atoms. The number of cyclic esters (lactones) is 2. The van der Waals surface area contributed by atoms with Gasteiger partial charge < -0.3 is 19.5 Å². The van der Waals surface area contributed by atoms with E-state index < -0.39 is 17.7 Å². The Hall–Kier alpha value is -3.36. The third-order valence-electron chi connectivity index (χ3n) is 3.47. The molecule has 1 aromatic heterocycles. The molecule has 26 heavy (non-hydrogen) atoms. The topological polar surface area (TPSA) is 105 Å². The first-order chi connectivity index (χ1) is 12.4. The Labute approximate surface area is 149 Å². The van der Waals surface area contributed by atoms with Crippen LogP contribution in [0, 0.1) is 0 Å². The fourth-order valence-electron chi connectivity index (χ4n) is 2.34. The number of carbonyl (C=O) groups is 2. The van der Waals surface area contributed by atoms with Crippen molar-refractivity contribution in [3.63, 3.8) is 0 Å². The second-order valence-electron chi connectivity index (χ2n) is 5.86. The lowest BCUT2D eigenvalue weighted by atomic mass is 10.2. The van der Waals surface area contributed by atoms with Gasteiger partial charge in [0.2, 0.25) is 0 Å². The van der Waals surface area contributed by atoms with E-state index in [4.69, 9.17) is 14.2 Å². The van der Waals surface area contributed by atoms with E-state index in [-0.39, 0.29) is 5.57 Å². The van der Waals surface area contributed by atoms with Crippen molar-refractivity contribution < 1.29 is 23.8 Å². The Morgan fingerprint density at radius 3 is 2.46 bits per heavy atom. The molecule has 1 aliphatic heterocycles. The van der Waals surface area contributed by atoms with Crippen molar-refractivity contribution in [2.24, 2.45) is 0 Å². The van der Waals surface area contributed by atoms with Crippen molar-refractivity contribution in [1.29, 1.82) is 0 Å². The van der Waals surface area contributed by atoms with E-state index >= 15 is 0 Å². The molecular weight excluding hydrogens is 340 g/mol. The zero-order chi connectivity index (χ0) is 18.7. The summed E-state index contributed by atoms with van der Waals surface area (Å²) in [6.07, 6.45) is 4.35. The Bertz CT molecular complexity index is 836. The van der Waals surface area contributed by atoms with Crippen LogP contribution in [-0.2, 0) is 19.1 Å². The molecule has 1 N–H and O–H groups in total. The Morgan fingerprint density at radius 2 is 1.85 bits per heavy atom. The van der Waals surface area contributed by atoms with Crippen molar-refractivity contribution >= 4 is 17.6 Å². The molecule has 0 bridgehead atoms. The van der Waals surface area contributed by atoms with Gasteiger partial charge in [-0.15, -0.1) is 10.2 Å². The summed E-state index contributed by atoms with van der Waals surface area (Å²) in [6, 6.07) is 5.37. The minimum atomic E-state index is -1.28. The van der Waals surface area contributed by atoms with Gasteiger partial charge in [0.25, 0.3) is 5.79 Å². The summed E-state index contributed by atoms with van der Waals surface area (Å²) < 4.78 is 17.4. The number of hydrogen-bond donors (Lipinski definition) is 1. The van der Waals surface area contributed by atoms with Crippen LogP contribution in [-0.4, -0.2) is 39.1 Å². The van der Waals surface area contributed by atoms with Crippen molar-refractivity contribution in [3.8, 4) is 11.4 Å². The predicted molar refractivity (Wildman–Crippen MR) is 90.5 cm³/mol. The Balaban J connectivity index is 1.89. The molecule has 1 aromatic carbocycles. The molecule has 0 radical (unpaired) electrons. The van der Waals surface area contributed by atoms with Crippen LogP contribution in [0.1, 0.15) is 20.8 Å². The molecular formula is C17H18N4O5. The van der Waals surface area contributed by atoms with Crippen LogP contribution >= 0.6 is 0 Å². The normalized spacial score (nSPS) is 15.9. The molecule has 0 amide bonds. The SMILES string of the molecule is CCOc1ccc(-n2cnnc2)cc1NC=C1C(=O)OC(C)(C)OC1=O. The fraction of sp³-hybridized carbons (Fsp3) is 0.294. The van der Waals surface area contributed by atoms with Gasteiger partial charge in [-0.3, -0.25) is 4.57 Å². The van der Waals surface area contributed by atoms with Gasteiger partial charge in [-0.05, 0) is 25.1 Å². The summed E-state index contributed by atoms with van der Waals surface area (Å²) in [4.78, 5) is 24.0. The van der Waals surface area contributed by atoms with E-state index in [2.05, 4.69) is 15.5 Å². The number of esters is 2. The molecule has 0 atom stereocenters. The Kier molecular flexibility index (Phi) is 4.61. The van der Waals surface area contributed by atoms with Gasteiger partial charge in [0.1, 0.15) is 18.4 Å². The summed E-state index contributed by atoms with van der Waals surface area (Å²) in [5.74, 6) is -2.24. The maximum Gasteiger partial charge on any atom is 0.350 e. The van der Waals surface area contributed by atoms with Crippen molar-refractivity contribution in [2.75, 3.05) is 11.9 Å². The minimum Gasteiger partial charge on any atom is -0.492 e. The lowest BCUT2D eigenvalue weighted by molar-refractivity contribution is -0.222. The molecule has 1 fully saturated rings. The average Bonchev–Trinajstić information content (AvgIpc) is 3.09. The summed E-state index contributed by atoms with van der Waals surface area (Å²) in [6.45, 7) is 5.29. The van der Waals surface area contributed by atoms with Gasteiger partial charge in [-0.25, -0.2) is 9.59 Å². The highest BCUT2D eigenvalue weighted by Gasteiger charge is 2.39. The highest BCUT2D eigenvalue weighted by Crippen LogP contribution is 2.29. The first-order valence-electron chi connectivity index (χ1n) is 7.95. The number of rotatable bonds is 5. The number of nitrogens with zero attached hydrogens (tertiary/aromatic N) is 3. The number of carbonyl (C=O) groups excluding carboxylic acids is 2. The van der Waals surface area contributed by atoms with E-state index in [0.29, 0.717) is 18.0 Å². The van der Waals surface area contributed by atoms with Crippen molar-refractivity contribution in [1.82, 2.24) is 14.8 Å². The van der Waals surface area contributed by atoms with Gasteiger partial charge in [-0.2, -0.15) is 0 Å². The highest BCUT2D eigenvalue weighted by molar-refractivity contribution is 6.15. The van der Waals surface area contributed by atoms with E-state index in [9.17, 15) is 9.59 Å². The zero-order valence-electron chi connectivity index (χ0n) is 14.6. The van der Waals surface area contributed by atoms with Gasteiger partial charge in [0, 0.05) is 20.0 Å². The number of hydrogen-bond acceptors (Lipinski definition) is 8. The standard InChI is InChI=1S/C17H18N4O5/c1-4-24-14-6-5-11(21-9-19-20-10-21)7-13(14)18-8-12-15(22)25-17(2,3)26-16(12)23/h5-10,18H,4H2,1-3H3. The monoisotopic (exact) mass is 358 g/mol. The van der Waals surface area contributed by atoms with Gasteiger partial charge >= 0.3 is 11.9 Å². The second-order valence-corrected chi connectivity index (χ2v) is 5.86. The summed E-state index contributed by atoms with van der Waals surface area (Å²) in [7, 11) is 0. The van der Waals surface area contributed by atoms with E-state index in [1.165, 1.54) is 20.0 Å². The first kappa shape index (κ1) is 17.5. The lowest BCUT2D eigenvalue weighted by Crippen LogP contribution is -2.42. The number of ether oxygens (including phenoxy) is 3. The first-order valence-corrected chi connectivity index (χ1v) is 7.95. The van der Waals surface area contributed by atoms with Crippen molar-refractivity contribution in [3.05, 3.63) is 42.6 Å². The molecule has 1 saturated heterocycles. The predicted octanol–water partition coefficient (Wildman–Crippen LogP) is 1.80. The third-order valence-corrected chi connectivity index (χ3v) is 3.47. The molecule has 9 nitrogen and oxygen atoms in total. The zero-order valence-corrected chi connectivity index (χ0v) is 14.6. The molecule has 9 heteroatoms. The largest absolute Gasteiger partial charge is 0.492 e. The van der Waals surface area contributed by atoms with Crippen LogP contribution < -0.4 is 10.1 Å². The van der Waals surface area contributed by atoms with Crippen molar-refractivity contribution in [2.45, 2.75) is 26.6 Å². The second kappa shape index (κ2) is 6.87. The summed E-state index contributed by atoms with van der Waals surface area (Å²) >= 11 is 0. The molecule has 0 aliphatic carbocycles. The molecule has 0 saturated carbocycles. The quantitative estimate of drug-likeness (QED) is 0.490. The van der Waals surface area contributed by atoms with Gasteiger partial charge in [0.05, 0.1) is 18.0 Å². The van der Waals surface area contributed by atoms with E-state index in [0.717, 1.165) is 5.69 Å². The van der Waals surface area contributed by atoms with Gasteiger partial charge in [0.15, 0.2) is 5.57 Å². The maximum atomic E-state index is 12.0. The fourth-order valence-corrected chi connectivity index (χ4v) is 2.34. The van der Waals surface area contributed by atoms with Crippen LogP contribution in [0.25, 0.3) is 5.69 Å². The number of nitrogens with one attached hydrogen (secondary N) is 1. The number of benzene rings is 1. The number of anilines is 1. The Morgan fingerprint density at radius 1 is 1.19 bits per heavy atom. The average molecular weight is 358 g/mol. The maximum absolute atomic E-state index is 12.0. The van der Waals surface area contributed by atoms with E-state index in [1.807, 2.05) is 13.0 Å². The number of aromatic nitrogens is 3. The third kappa shape index (κ3) is 3.66. The molecule has 3 rings (SSSR count). The van der Waals surface area contributed by atoms with Crippen LogP contribution in [0.4, 0.5) is 5.69 Å². The molecule has 0 unspecified atom stereocenters. The lowest BCUT2D eigenvalue weighted by Gasteiger charge is -2.29. The minimum absolute atomic E-state index is 0.235.